The average Bonchev–Trinajstić information content (AvgIpc) is 2.27. The largest absolute Gasteiger partial charge is 0.444 e. The SMILES string of the molecule is CC(C)(C)OC(=O)NC1CCN(CCCS(C)(=O)=O)CC1. The molecular formula is C14H28N2O4S. The lowest BCUT2D eigenvalue weighted by Crippen LogP contribution is -2.46. The average molecular weight is 320 g/mol. The second-order valence-corrected chi connectivity index (χ2v) is 9.01. The number of nitrogens with one attached hydrogen (secondary N) is 1. The van der Waals surface area contributed by atoms with E-state index in [2.05, 4.69) is 10.2 Å². The molecule has 1 N–H and O–H groups in total. The minimum atomic E-state index is -2.87. The van der Waals surface area contributed by atoms with E-state index in [0.29, 0.717) is 6.42 Å². The zero-order chi connectivity index (χ0) is 16.1. The van der Waals surface area contributed by atoms with Gasteiger partial charge in [0.1, 0.15) is 15.4 Å². The van der Waals surface area contributed by atoms with E-state index in [0.717, 1.165) is 32.5 Å². The first-order valence-corrected chi connectivity index (χ1v) is 9.51. The summed E-state index contributed by atoms with van der Waals surface area (Å²) in [5, 5.41) is 2.89. The zero-order valence-corrected chi connectivity index (χ0v) is 14.3. The number of hydrogen-bond acceptors (Lipinski definition) is 5. The van der Waals surface area contributed by atoms with Crippen molar-refractivity contribution in [1.29, 1.82) is 0 Å². The molecule has 1 amide bonds. The van der Waals surface area contributed by atoms with Gasteiger partial charge in [-0.25, -0.2) is 13.2 Å². The Labute approximate surface area is 128 Å². The highest BCUT2D eigenvalue weighted by atomic mass is 32.2. The van der Waals surface area contributed by atoms with E-state index < -0.39 is 15.4 Å². The lowest BCUT2D eigenvalue weighted by Gasteiger charge is -2.32. The molecule has 0 atom stereocenters. The van der Waals surface area contributed by atoms with Gasteiger partial charge in [-0.2, -0.15) is 0 Å². The number of likely N-dealkylation sites (tertiary alicyclic amines) is 1. The Balaban J connectivity index is 2.22. The Bertz CT molecular complexity index is 434. The molecule has 0 aromatic heterocycles. The number of rotatable bonds is 5. The summed E-state index contributed by atoms with van der Waals surface area (Å²) in [5.74, 6) is 0.239. The number of piperidine rings is 1. The number of alkyl carbamates (subject to hydrolysis) is 1. The molecule has 1 heterocycles. The molecule has 0 bridgehead atoms. The van der Waals surface area contributed by atoms with Crippen molar-refractivity contribution in [3.05, 3.63) is 0 Å². The topological polar surface area (TPSA) is 75.7 Å². The molecule has 1 saturated heterocycles. The summed E-state index contributed by atoms with van der Waals surface area (Å²) in [6, 6.07) is 0.144. The maximum absolute atomic E-state index is 11.7. The van der Waals surface area contributed by atoms with Crippen LogP contribution in [0.3, 0.4) is 0 Å². The fraction of sp³-hybridized carbons (Fsp3) is 0.929. The number of carbonyl (C=O) groups is 1. The molecule has 0 aromatic carbocycles. The first-order chi connectivity index (χ1) is 9.55. The third kappa shape index (κ3) is 8.93. The van der Waals surface area contributed by atoms with Crippen molar-refractivity contribution in [2.75, 3.05) is 31.6 Å². The highest BCUT2D eigenvalue weighted by molar-refractivity contribution is 7.90. The first-order valence-electron chi connectivity index (χ1n) is 7.45. The molecule has 1 aliphatic heterocycles. The van der Waals surface area contributed by atoms with Crippen LogP contribution in [-0.2, 0) is 14.6 Å². The maximum Gasteiger partial charge on any atom is 0.407 e. The second kappa shape index (κ2) is 7.45. The standard InChI is InChI=1S/C14H28N2O4S/c1-14(2,3)20-13(17)15-12-6-9-16(10-7-12)8-5-11-21(4,18)19/h12H,5-11H2,1-4H3,(H,15,17). The minimum Gasteiger partial charge on any atom is -0.444 e. The van der Waals surface area contributed by atoms with Gasteiger partial charge in [0.2, 0.25) is 0 Å². The molecule has 0 spiro atoms. The highest BCUT2D eigenvalue weighted by Crippen LogP contribution is 2.12. The molecule has 6 nitrogen and oxygen atoms in total. The van der Waals surface area contributed by atoms with Crippen LogP contribution in [0, 0.1) is 0 Å². The molecule has 0 unspecified atom stereocenters. The lowest BCUT2D eigenvalue weighted by molar-refractivity contribution is 0.0479. The van der Waals surface area contributed by atoms with E-state index in [4.69, 9.17) is 4.74 Å². The van der Waals surface area contributed by atoms with Crippen LogP contribution in [0.25, 0.3) is 0 Å². The van der Waals surface area contributed by atoms with Gasteiger partial charge in [-0.15, -0.1) is 0 Å². The van der Waals surface area contributed by atoms with Gasteiger partial charge in [0.05, 0.1) is 5.75 Å². The molecule has 124 valence electrons. The number of sulfone groups is 1. The van der Waals surface area contributed by atoms with E-state index in [-0.39, 0.29) is 17.9 Å². The summed E-state index contributed by atoms with van der Waals surface area (Å²) in [5.41, 5.74) is -0.476. The zero-order valence-electron chi connectivity index (χ0n) is 13.5. The number of amides is 1. The van der Waals surface area contributed by atoms with Crippen LogP contribution in [0.1, 0.15) is 40.0 Å². The predicted octanol–water partition coefficient (Wildman–Crippen LogP) is 1.41. The van der Waals surface area contributed by atoms with Crippen LogP contribution in [-0.4, -0.2) is 62.7 Å². The number of hydrogen-bond donors (Lipinski definition) is 1. The third-order valence-corrected chi connectivity index (χ3v) is 4.33. The van der Waals surface area contributed by atoms with Crippen molar-refractivity contribution >= 4 is 15.9 Å². The van der Waals surface area contributed by atoms with E-state index in [1.807, 2.05) is 20.8 Å². The molecule has 0 aliphatic carbocycles. The molecule has 1 rings (SSSR count). The van der Waals surface area contributed by atoms with Gasteiger partial charge in [0.15, 0.2) is 0 Å². The van der Waals surface area contributed by atoms with Crippen molar-refractivity contribution in [2.45, 2.75) is 51.7 Å². The third-order valence-electron chi connectivity index (χ3n) is 3.30. The summed E-state index contributed by atoms with van der Waals surface area (Å²) in [7, 11) is -2.87. The first kappa shape index (κ1) is 18.2. The summed E-state index contributed by atoms with van der Waals surface area (Å²) in [6.07, 6.45) is 3.32. The van der Waals surface area contributed by atoms with E-state index in [1.54, 1.807) is 0 Å². The van der Waals surface area contributed by atoms with Gasteiger partial charge >= 0.3 is 6.09 Å². The van der Waals surface area contributed by atoms with E-state index in [1.165, 1.54) is 6.26 Å². The minimum absolute atomic E-state index is 0.144. The number of nitrogens with zero attached hydrogens (tertiary/aromatic N) is 1. The van der Waals surface area contributed by atoms with Gasteiger partial charge in [-0.05, 0) is 46.6 Å². The number of carbonyl (C=O) groups excluding carboxylic acids is 1. The fourth-order valence-corrected chi connectivity index (χ4v) is 2.98. The van der Waals surface area contributed by atoms with Crippen LogP contribution >= 0.6 is 0 Å². The number of ether oxygens (including phenoxy) is 1. The molecule has 1 aliphatic rings. The monoisotopic (exact) mass is 320 g/mol. The van der Waals surface area contributed by atoms with Crippen molar-refractivity contribution in [3.63, 3.8) is 0 Å². The maximum atomic E-state index is 11.7. The van der Waals surface area contributed by atoms with Crippen LogP contribution in [0.2, 0.25) is 0 Å². The molecule has 1 fully saturated rings. The summed E-state index contributed by atoms with van der Waals surface area (Å²) < 4.78 is 27.4. The highest BCUT2D eigenvalue weighted by Gasteiger charge is 2.23. The normalized spacial score (nSPS) is 18.5. The molecule has 0 radical (unpaired) electrons. The lowest BCUT2D eigenvalue weighted by atomic mass is 10.1. The van der Waals surface area contributed by atoms with Gasteiger partial charge in [-0.3, -0.25) is 0 Å². The summed E-state index contributed by atoms with van der Waals surface area (Å²) >= 11 is 0. The van der Waals surface area contributed by atoms with Gasteiger partial charge in [0.25, 0.3) is 0 Å². The Kier molecular flexibility index (Phi) is 6.46. The molecule has 0 aromatic rings. The van der Waals surface area contributed by atoms with E-state index >= 15 is 0 Å². The van der Waals surface area contributed by atoms with Crippen LogP contribution in [0.4, 0.5) is 4.79 Å². The Morgan fingerprint density at radius 3 is 2.33 bits per heavy atom. The van der Waals surface area contributed by atoms with Gasteiger partial charge < -0.3 is 15.0 Å². The second-order valence-electron chi connectivity index (χ2n) is 6.75. The van der Waals surface area contributed by atoms with Crippen molar-refractivity contribution in [3.8, 4) is 0 Å². The van der Waals surface area contributed by atoms with Crippen LogP contribution in [0.15, 0.2) is 0 Å². The van der Waals surface area contributed by atoms with Gasteiger partial charge in [-0.1, -0.05) is 0 Å². The van der Waals surface area contributed by atoms with Crippen LogP contribution < -0.4 is 5.32 Å². The van der Waals surface area contributed by atoms with Crippen molar-refractivity contribution in [1.82, 2.24) is 10.2 Å². The van der Waals surface area contributed by atoms with Crippen molar-refractivity contribution < 1.29 is 17.9 Å². The van der Waals surface area contributed by atoms with Crippen LogP contribution in [0.5, 0.6) is 0 Å². The predicted molar refractivity (Wildman–Crippen MR) is 83.2 cm³/mol. The van der Waals surface area contributed by atoms with E-state index in [9.17, 15) is 13.2 Å². The Hall–Kier alpha value is -0.820. The smallest absolute Gasteiger partial charge is 0.407 e. The molecule has 7 heteroatoms. The molecular weight excluding hydrogens is 292 g/mol. The van der Waals surface area contributed by atoms with Gasteiger partial charge in [0, 0.05) is 25.4 Å². The summed E-state index contributed by atoms with van der Waals surface area (Å²) in [6.45, 7) is 8.09. The fourth-order valence-electron chi connectivity index (χ4n) is 2.33. The Morgan fingerprint density at radius 1 is 1.29 bits per heavy atom. The Morgan fingerprint density at radius 2 is 1.86 bits per heavy atom. The molecule has 0 saturated carbocycles. The summed E-state index contributed by atoms with van der Waals surface area (Å²) in [4.78, 5) is 13.9. The van der Waals surface area contributed by atoms with Crippen molar-refractivity contribution in [2.24, 2.45) is 0 Å². The molecule has 21 heavy (non-hydrogen) atoms. The quantitative estimate of drug-likeness (QED) is 0.829.